The first-order valence-electron chi connectivity index (χ1n) is 5.58. The number of nitrogens with zero attached hydrogens (tertiary/aromatic N) is 2. The zero-order valence-corrected chi connectivity index (χ0v) is 14.3. The number of nitrogens with one attached hydrogen (secondary N) is 1. The third kappa shape index (κ3) is 7.36. The SMILES string of the molecule is CSCC[C@H](N)C(=O)Nc1nnc(SC(C)C)s1.Cl. The van der Waals surface area contributed by atoms with E-state index in [9.17, 15) is 4.79 Å². The van der Waals surface area contributed by atoms with Crippen LogP contribution in [0.15, 0.2) is 4.34 Å². The Morgan fingerprint density at radius 3 is 2.74 bits per heavy atom. The van der Waals surface area contributed by atoms with Gasteiger partial charge < -0.3 is 5.73 Å². The van der Waals surface area contributed by atoms with Gasteiger partial charge in [-0.3, -0.25) is 10.1 Å². The van der Waals surface area contributed by atoms with Crippen LogP contribution in [-0.4, -0.2) is 39.4 Å². The fourth-order valence-electron chi connectivity index (χ4n) is 1.08. The summed E-state index contributed by atoms with van der Waals surface area (Å²) >= 11 is 4.68. The van der Waals surface area contributed by atoms with E-state index in [0.717, 1.165) is 10.1 Å². The highest BCUT2D eigenvalue weighted by molar-refractivity contribution is 8.01. The van der Waals surface area contributed by atoms with Gasteiger partial charge in [0.05, 0.1) is 6.04 Å². The van der Waals surface area contributed by atoms with Gasteiger partial charge in [0.15, 0.2) is 4.34 Å². The van der Waals surface area contributed by atoms with Crippen LogP contribution >= 0.6 is 47.3 Å². The van der Waals surface area contributed by atoms with Gasteiger partial charge in [0.2, 0.25) is 11.0 Å². The molecular formula is C10H19ClN4OS3. The largest absolute Gasteiger partial charge is 0.320 e. The van der Waals surface area contributed by atoms with Crippen LogP contribution < -0.4 is 11.1 Å². The number of hydrogen-bond acceptors (Lipinski definition) is 7. The minimum absolute atomic E-state index is 0. The lowest BCUT2D eigenvalue weighted by molar-refractivity contribution is -0.117. The van der Waals surface area contributed by atoms with Crippen molar-refractivity contribution in [1.82, 2.24) is 10.2 Å². The molecule has 0 aliphatic heterocycles. The van der Waals surface area contributed by atoms with Gasteiger partial charge in [0.1, 0.15) is 0 Å². The third-order valence-corrected chi connectivity index (χ3v) is 4.51. The van der Waals surface area contributed by atoms with Crippen LogP contribution in [0.4, 0.5) is 5.13 Å². The first-order chi connectivity index (χ1) is 8.52. The van der Waals surface area contributed by atoms with Crippen molar-refractivity contribution >= 4 is 58.3 Å². The van der Waals surface area contributed by atoms with E-state index < -0.39 is 6.04 Å². The Labute approximate surface area is 132 Å². The number of amides is 1. The number of nitrogens with two attached hydrogens (primary N) is 1. The van der Waals surface area contributed by atoms with E-state index in [-0.39, 0.29) is 18.3 Å². The predicted molar refractivity (Wildman–Crippen MR) is 87.8 cm³/mol. The van der Waals surface area contributed by atoms with Crippen molar-refractivity contribution in [3.05, 3.63) is 0 Å². The molecule has 1 heterocycles. The standard InChI is InChI=1S/C10H18N4OS3.ClH/c1-6(2)17-10-14-13-9(18-10)12-8(15)7(11)4-5-16-3;/h6-7H,4-5,11H2,1-3H3,(H,12,13,15);1H/t7-;/m0./s1. The maximum atomic E-state index is 11.7. The van der Waals surface area contributed by atoms with Crippen LogP contribution in [0.2, 0.25) is 0 Å². The third-order valence-electron chi connectivity index (χ3n) is 1.94. The molecule has 1 atom stereocenters. The van der Waals surface area contributed by atoms with Crippen molar-refractivity contribution in [2.75, 3.05) is 17.3 Å². The molecule has 3 N–H and O–H groups in total. The molecule has 0 spiro atoms. The molecule has 0 aliphatic carbocycles. The van der Waals surface area contributed by atoms with Crippen LogP contribution in [-0.2, 0) is 4.79 Å². The summed E-state index contributed by atoms with van der Waals surface area (Å²) in [4.78, 5) is 11.7. The van der Waals surface area contributed by atoms with Crippen molar-refractivity contribution in [3.8, 4) is 0 Å². The molecule has 19 heavy (non-hydrogen) atoms. The van der Waals surface area contributed by atoms with Gasteiger partial charge in [-0.1, -0.05) is 36.9 Å². The highest BCUT2D eigenvalue weighted by Gasteiger charge is 2.15. The van der Waals surface area contributed by atoms with Crippen molar-refractivity contribution < 1.29 is 4.79 Å². The van der Waals surface area contributed by atoms with Gasteiger partial charge in [-0.2, -0.15) is 11.8 Å². The number of aromatic nitrogens is 2. The summed E-state index contributed by atoms with van der Waals surface area (Å²) in [5, 5.41) is 11.6. The molecule has 9 heteroatoms. The number of hydrogen-bond donors (Lipinski definition) is 2. The molecule has 0 aromatic carbocycles. The minimum atomic E-state index is -0.484. The maximum Gasteiger partial charge on any atom is 0.243 e. The highest BCUT2D eigenvalue weighted by atomic mass is 35.5. The smallest absolute Gasteiger partial charge is 0.243 e. The van der Waals surface area contributed by atoms with Crippen LogP contribution in [0.25, 0.3) is 0 Å². The van der Waals surface area contributed by atoms with Gasteiger partial charge in [0.25, 0.3) is 0 Å². The van der Waals surface area contributed by atoms with Gasteiger partial charge in [0, 0.05) is 5.25 Å². The van der Waals surface area contributed by atoms with Crippen molar-refractivity contribution in [3.63, 3.8) is 0 Å². The van der Waals surface area contributed by atoms with Gasteiger partial charge >= 0.3 is 0 Å². The van der Waals surface area contributed by atoms with Crippen LogP contribution in [0.1, 0.15) is 20.3 Å². The molecule has 0 saturated carbocycles. The first-order valence-corrected chi connectivity index (χ1v) is 8.67. The normalized spacial score (nSPS) is 12.1. The average Bonchev–Trinajstić information content (AvgIpc) is 2.72. The van der Waals surface area contributed by atoms with E-state index in [2.05, 4.69) is 29.4 Å². The molecule has 0 unspecified atom stereocenters. The van der Waals surface area contributed by atoms with Gasteiger partial charge in [-0.15, -0.1) is 22.6 Å². The highest BCUT2D eigenvalue weighted by Crippen LogP contribution is 2.28. The Balaban J connectivity index is 0.00000324. The van der Waals surface area contributed by atoms with Crippen molar-refractivity contribution in [2.45, 2.75) is 35.9 Å². The second-order valence-electron chi connectivity index (χ2n) is 3.92. The second kappa shape index (κ2) is 9.82. The summed E-state index contributed by atoms with van der Waals surface area (Å²) in [7, 11) is 0. The topological polar surface area (TPSA) is 80.9 Å². The summed E-state index contributed by atoms with van der Waals surface area (Å²) in [6.45, 7) is 4.17. The maximum absolute atomic E-state index is 11.7. The zero-order valence-electron chi connectivity index (χ0n) is 11.1. The van der Waals surface area contributed by atoms with E-state index in [1.807, 2.05) is 6.26 Å². The summed E-state index contributed by atoms with van der Waals surface area (Å²) in [5.74, 6) is 0.681. The molecule has 1 amide bonds. The predicted octanol–water partition coefficient (Wildman–Crippen LogP) is 2.48. The number of thioether (sulfide) groups is 2. The summed E-state index contributed by atoms with van der Waals surface area (Å²) in [6.07, 6.45) is 2.66. The summed E-state index contributed by atoms with van der Waals surface area (Å²) in [5.41, 5.74) is 5.76. The lowest BCUT2D eigenvalue weighted by Gasteiger charge is -2.08. The van der Waals surface area contributed by atoms with Crippen LogP contribution in [0.5, 0.6) is 0 Å². The minimum Gasteiger partial charge on any atom is -0.320 e. The van der Waals surface area contributed by atoms with E-state index in [1.165, 1.54) is 11.3 Å². The lowest BCUT2D eigenvalue weighted by atomic mass is 10.2. The Hall–Kier alpha value is -0.0200. The molecule has 1 aromatic rings. The Kier molecular flexibility index (Phi) is 9.81. The molecule has 5 nitrogen and oxygen atoms in total. The molecule has 1 rings (SSSR count). The van der Waals surface area contributed by atoms with Crippen molar-refractivity contribution in [2.24, 2.45) is 5.73 Å². The van der Waals surface area contributed by atoms with Crippen molar-refractivity contribution in [1.29, 1.82) is 0 Å². The molecule has 0 radical (unpaired) electrons. The Morgan fingerprint density at radius 1 is 1.47 bits per heavy atom. The fourth-order valence-corrected chi connectivity index (χ4v) is 3.55. The fraction of sp³-hybridized carbons (Fsp3) is 0.700. The molecule has 110 valence electrons. The van der Waals surface area contributed by atoms with Gasteiger partial charge in [-0.05, 0) is 18.4 Å². The second-order valence-corrected chi connectivity index (χ2v) is 7.70. The van der Waals surface area contributed by atoms with E-state index >= 15 is 0 Å². The zero-order chi connectivity index (χ0) is 13.5. The van der Waals surface area contributed by atoms with Crippen LogP contribution in [0, 0.1) is 0 Å². The Bertz CT molecular complexity index is 389. The summed E-state index contributed by atoms with van der Waals surface area (Å²) < 4.78 is 0.859. The Morgan fingerprint density at radius 2 is 2.16 bits per heavy atom. The van der Waals surface area contributed by atoms with Gasteiger partial charge in [-0.25, -0.2) is 0 Å². The molecule has 0 saturated heterocycles. The number of halogens is 1. The average molecular weight is 343 g/mol. The van der Waals surface area contributed by atoms with E-state index in [1.54, 1.807) is 23.5 Å². The monoisotopic (exact) mass is 342 g/mol. The molecule has 1 aromatic heterocycles. The number of carbonyl (C=O) groups is 1. The summed E-state index contributed by atoms with van der Waals surface area (Å²) in [6, 6.07) is -0.484. The first kappa shape index (κ1) is 19.0. The van der Waals surface area contributed by atoms with E-state index in [0.29, 0.717) is 16.8 Å². The lowest BCUT2D eigenvalue weighted by Crippen LogP contribution is -2.36. The number of carbonyl (C=O) groups excluding carboxylic acids is 1. The molecular weight excluding hydrogens is 324 g/mol. The quantitative estimate of drug-likeness (QED) is 0.585. The molecule has 0 bridgehead atoms. The molecule has 0 fully saturated rings. The molecule has 0 aliphatic rings. The van der Waals surface area contributed by atoms with Crippen LogP contribution in [0.3, 0.4) is 0 Å². The number of anilines is 1. The number of rotatable bonds is 7. The van der Waals surface area contributed by atoms with E-state index in [4.69, 9.17) is 5.73 Å².